The first-order chi connectivity index (χ1) is 7.02. The van der Waals surface area contributed by atoms with E-state index in [4.69, 9.17) is 5.11 Å². The lowest BCUT2D eigenvalue weighted by molar-refractivity contribution is 0.0723. The summed E-state index contributed by atoms with van der Waals surface area (Å²) in [5.74, 6) is -1.20. The van der Waals surface area contributed by atoms with Gasteiger partial charge in [0.05, 0.1) is 6.04 Å². The van der Waals surface area contributed by atoms with Gasteiger partial charge < -0.3 is 5.11 Å². The molecule has 1 atom stereocenters. The third-order valence-electron chi connectivity index (χ3n) is 2.51. The van der Waals surface area contributed by atoms with Crippen LogP contribution in [0.2, 0.25) is 0 Å². The maximum Gasteiger partial charge on any atom is 0.414 e. The van der Waals surface area contributed by atoms with Gasteiger partial charge in [-0.05, 0) is 24.6 Å². The topological polar surface area (TPSA) is 57.6 Å². The molecule has 5 heteroatoms. The Bertz CT molecular complexity index is 458. The molecule has 1 aromatic rings. The average Bonchev–Trinajstić information content (AvgIpc) is 2.39. The van der Waals surface area contributed by atoms with E-state index in [9.17, 15) is 14.0 Å². The molecule has 1 unspecified atom stereocenters. The molecule has 2 amide bonds. The number of fused-ring (bicyclic) bond motifs is 1. The van der Waals surface area contributed by atoms with E-state index < -0.39 is 23.9 Å². The van der Waals surface area contributed by atoms with Crippen molar-refractivity contribution in [2.75, 3.05) is 0 Å². The fraction of sp³-hybridized carbons (Fsp3) is 0.200. The van der Waals surface area contributed by atoms with Crippen molar-refractivity contribution in [3.8, 4) is 0 Å². The van der Waals surface area contributed by atoms with Gasteiger partial charge in [0.15, 0.2) is 0 Å². The summed E-state index contributed by atoms with van der Waals surface area (Å²) in [5, 5.41) is 8.81. The second-order valence-electron chi connectivity index (χ2n) is 3.37. The summed E-state index contributed by atoms with van der Waals surface area (Å²) >= 11 is 0. The largest absolute Gasteiger partial charge is 0.465 e. The molecule has 0 saturated heterocycles. The SMILES string of the molecule is CC1c2ccc(F)cc2C(=O)N1C(=O)O. The van der Waals surface area contributed by atoms with Crippen LogP contribution in [-0.2, 0) is 0 Å². The van der Waals surface area contributed by atoms with Crippen LogP contribution in [0.25, 0.3) is 0 Å². The van der Waals surface area contributed by atoms with Crippen LogP contribution in [0.15, 0.2) is 18.2 Å². The summed E-state index contributed by atoms with van der Waals surface area (Å²) in [6.07, 6.45) is -1.32. The number of halogens is 1. The lowest BCUT2D eigenvalue weighted by Gasteiger charge is -2.15. The zero-order chi connectivity index (χ0) is 11.2. The maximum absolute atomic E-state index is 12.9. The second-order valence-corrected chi connectivity index (χ2v) is 3.37. The lowest BCUT2D eigenvalue weighted by atomic mass is 10.1. The minimum Gasteiger partial charge on any atom is -0.465 e. The second kappa shape index (κ2) is 3.05. The first-order valence-electron chi connectivity index (χ1n) is 4.38. The molecule has 0 saturated carbocycles. The molecule has 0 aliphatic carbocycles. The van der Waals surface area contributed by atoms with Crippen LogP contribution in [0, 0.1) is 5.82 Å². The predicted molar refractivity (Wildman–Crippen MR) is 49.0 cm³/mol. The molecule has 4 nitrogen and oxygen atoms in total. The number of carboxylic acid groups (broad SMARTS) is 1. The van der Waals surface area contributed by atoms with Crippen molar-refractivity contribution in [1.82, 2.24) is 4.90 Å². The van der Waals surface area contributed by atoms with Crippen molar-refractivity contribution in [2.45, 2.75) is 13.0 Å². The normalized spacial score (nSPS) is 19.2. The lowest BCUT2D eigenvalue weighted by Crippen LogP contribution is -2.31. The summed E-state index contributed by atoms with van der Waals surface area (Å²) in [6.45, 7) is 1.59. The minimum absolute atomic E-state index is 0.130. The van der Waals surface area contributed by atoms with Crippen molar-refractivity contribution in [1.29, 1.82) is 0 Å². The van der Waals surface area contributed by atoms with Gasteiger partial charge in [-0.25, -0.2) is 14.1 Å². The van der Waals surface area contributed by atoms with Gasteiger partial charge in [0.25, 0.3) is 5.91 Å². The number of amides is 2. The molecular formula is C10H8FNO3. The number of carbonyl (C=O) groups is 2. The molecule has 1 heterocycles. The summed E-state index contributed by atoms with van der Waals surface area (Å²) in [7, 11) is 0. The van der Waals surface area contributed by atoms with Crippen molar-refractivity contribution in [3.63, 3.8) is 0 Å². The molecule has 1 aliphatic heterocycles. The quantitative estimate of drug-likeness (QED) is 0.711. The van der Waals surface area contributed by atoms with Gasteiger partial charge in [-0.2, -0.15) is 0 Å². The summed E-state index contributed by atoms with van der Waals surface area (Å²) in [5.41, 5.74) is 0.675. The number of nitrogens with zero attached hydrogens (tertiary/aromatic N) is 1. The third-order valence-corrected chi connectivity index (χ3v) is 2.51. The monoisotopic (exact) mass is 209 g/mol. The number of benzene rings is 1. The standard InChI is InChI=1S/C10H8FNO3/c1-5-7-3-2-6(11)4-8(7)9(13)12(5)10(14)15/h2-5H,1H3,(H,14,15). The molecule has 1 N–H and O–H groups in total. The highest BCUT2D eigenvalue weighted by atomic mass is 19.1. The smallest absolute Gasteiger partial charge is 0.414 e. The number of carbonyl (C=O) groups excluding carboxylic acids is 1. The Balaban J connectivity index is 2.55. The van der Waals surface area contributed by atoms with Gasteiger partial charge in [0.2, 0.25) is 0 Å². The van der Waals surface area contributed by atoms with Gasteiger partial charge in [0, 0.05) is 5.56 Å². The Labute approximate surface area is 84.9 Å². The van der Waals surface area contributed by atoms with Crippen LogP contribution in [0.5, 0.6) is 0 Å². The molecule has 0 spiro atoms. The highest BCUT2D eigenvalue weighted by molar-refractivity contribution is 6.06. The van der Waals surface area contributed by atoms with Gasteiger partial charge in [-0.1, -0.05) is 6.07 Å². The van der Waals surface area contributed by atoms with Crippen molar-refractivity contribution in [2.24, 2.45) is 0 Å². The minimum atomic E-state index is -1.32. The highest BCUT2D eigenvalue weighted by Gasteiger charge is 2.38. The number of hydrogen-bond donors (Lipinski definition) is 1. The van der Waals surface area contributed by atoms with Gasteiger partial charge in [-0.15, -0.1) is 0 Å². The Hall–Kier alpha value is -1.91. The number of imide groups is 1. The Morgan fingerprint density at radius 2 is 2.20 bits per heavy atom. The summed E-state index contributed by atoms with van der Waals surface area (Å²) in [4.78, 5) is 23.1. The zero-order valence-electron chi connectivity index (χ0n) is 7.90. The molecule has 78 valence electrons. The van der Waals surface area contributed by atoms with Crippen LogP contribution >= 0.6 is 0 Å². The Morgan fingerprint density at radius 1 is 1.53 bits per heavy atom. The molecule has 2 rings (SSSR count). The number of hydrogen-bond acceptors (Lipinski definition) is 2. The molecule has 0 bridgehead atoms. The van der Waals surface area contributed by atoms with Gasteiger partial charge >= 0.3 is 6.09 Å². The Morgan fingerprint density at radius 3 is 2.80 bits per heavy atom. The van der Waals surface area contributed by atoms with Crippen molar-refractivity contribution in [3.05, 3.63) is 35.1 Å². The Kier molecular flexibility index (Phi) is 1.96. The maximum atomic E-state index is 12.9. The molecule has 1 aromatic carbocycles. The van der Waals surface area contributed by atoms with E-state index in [1.807, 2.05) is 0 Å². The molecule has 0 aromatic heterocycles. The molecule has 0 radical (unpaired) electrons. The van der Waals surface area contributed by atoms with Crippen LogP contribution in [0.1, 0.15) is 28.9 Å². The van der Waals surface area contributed by atoms with E-state index in [1.54, 1.807) is 6.92 Å². The fourth-order valence-electron chi connectivity index (χ4n) is 1.78. The molecule has 1 aliphatic rings. The first-order valence-corrected chi connectivity index (χ1v) is 4.38. The van der Waals surface area contributed by atoms with Crippen LogP contribution in [0.4, 0.5) is 9.18 Å². The summed E-state index contributed by atoms with van der Waals surface area (Å²) in [6, 6.07) is 3.17. The number of rotatable bonds is 0. The van der Waals surface area contributed by atoms with Crippen LogP contribution < -0.4 is 0 Å². The van der Waals surface area contributed by atoms with Crippen LogP contribution in [-0.4, -0.2) is 22.0 Å². The molecule has 0 fully saturated rings. The first kappa shape index (κ1) is 9.64. The van der Waals surface area contributed by atoms with E-state index in [2.05, 4.69) is 0 Å². The van der Waals surface area contributed by atoms with Crippen molar-refractivity contribution < 1.29 is 19.1 Å². The molecule has 15 heavy (non-hydrogen) atoms. The van der Waals surface area contributed by atoms with E-state index in [0.29, 0.717) is 10.5 Å². The van der Waals surface area contributed by atoms with E-state index >= 15 is 0 Å². The zero-order valence-corrected chi connectivity index (χ0v) is 7.90. The van der Waals surface area contributed by atoms with Crippen molar-refractivity contribution >= 4 is 12.0 Å². The van der Waals surface area contributed by atoms with E-state index in [1.165, 1.54) is 12.1 Å². The van der Waals surface area contributed by atoms with Gasteiger partial charge in [0.1, 0.15) is 5.82 Å². The van der Waals surface area contributed by atoms with E-state index in [0.717, 1.165) is 6.07 Å². The molecular weight excluding hydrogens is 201 g/mol. The van der Waals surface area contributed by atoms with Gasteiger partial charge in [-0.3, -0.25) is 4.79 Å². The van der Waals surface area contributed by atoms with Crippen LogP contribution in [0.3, 0.4) is 0 Å². The predicted octanol–water partition coefficient (Wildman–Crippen LogP) is 2.02. The summed E-state index contributed by atoms with van der Waals surface area (Å²) < 4.78 is 12.9. The van der Waals surface area contributed by atoms with E-state index in [-0.39, 0.29) is 5.56 Å². The third kappa shape index (κ3) is 1.27. The fourth-order valence-corrected chi connectivity index (χ4v) is 1.78. The highest BCUT2D eigenvalue weighted by Crippen LogP contribution is 2.33. The average molecular weight is 209 g/mol.